The maximum Gasteiger partial charge on any atom is 0.205 e. The van der Waals surface area contributed by atoms with Gasteiger partial charge in [0.2, 0.25) is 5.88 Å². The monoisotopic (exact) mass is 466 g/mol. The van der Waals surface area contributed by atoms with Gasteiger partial charge in [-0.15, -0.1) is 0 Å². The number of nitrogens with zero attached hydrogens (tertiary/aromatic N) is 2. The number of methoxy groups -OCH3 is 1. The second-order valence-electron chi connectivity index (χ2n) is 7.97. The van der Waals surface area contributed by atoms with Crippen molar-refractivity contribution in [3.63, 3.8) is 0 Å². The van der Waals surface area contributed by atoms with Gasteiger partial charge in [0, 0.05) is 24.2 Å². The highest BCUT2D eigenvalue weighted by Crippen LogP contribution is 2.40. The number of hydrogen-bond donors (Lipinski definition) is 1. The molecular weight excluding hydrogens is 442 g/mol. The Bertz CT molecular complexity index is 1090. The Morgan fingerprint density at radius 1 is 1.13 bits per heavy atom. The summed E-state index contributed by atoms with van der Waals surface area (Å²) >= 11 is 12.1. The highest BCUT2D eigenvalue weighted by Gasteiger charge is 2.20. The van der Waals surface area contributed by atoms with Crippen LogP contribution in [0.3, 0.4) is 0 Å². The molecule has 1 fully saturated rings. The van der Waals surface area contributed by atoms with Crippen molar-refractivity contribution in [3.8, 4) is 23.1 Å². The molecule has 2 aromatic carbocycles. The van der Waals surface area contributed by atoms with E-state index in [0.29, 0.717) is 23.8 Å². The van der Waals surface area contributed by atoms with E-state index in [4.69, 9.17) is 32.7 Å². The summed E-state index contributed by atoms with van der Waals surface area (Å²) in [7, 11) is 1.58. The lowest BCUT2D eigenvalue weighted by Gasteiger charge is -2.30. The molecule has 3 aromatic rings. The van der Waals surface area contributed by atoms with Crippen molar-refractivity contribution in [3.05, 3.63) is 46.3 Å². The molecule has 0 amide bonds. The summed E-state index contributed by atoms with van der Waals surface area (Å²) in [5.74, 6) is 1.11. The van der Waals surface area contributed by atoms with E-state index in [9.17, 15) is 9.50 Å². The van der Waals surface area contributed by atoms with E-state index in [2.05, 4.69) is 11.8 Å². The van der Waals surface area contributed by atoms with E-state index >= 15 is 0 Å². The molecule has 0 saturated carbocycles. The standard InChI is InChI=1S/C23H25Cl2FN2O3/c1-14-5-7-27(8-6-14)9-10-31-20-11-15(3-4-19(20)30-2)28-13-16-21(23(28)29)17(24)12-18(25)22(16)26/h3-4,11-14,29H,5-10H2,1-2H3. The van der Waals surface area contributed by atoms with Crippen molar-refractivity contribution in [1.29, 1.82) is 0 Å². The second kappa shape index (κ2) is 9.15. The predicted octanol–water partition coefficient (Wildman–Crippen LogP) is 5.90. The molecule has 1 aliphatic rings. The number of benzene rings is 2. The zero-order valence-electron chi connectivity index (χ0n) is 17.5. The van der Waals surface area contributed by atoms with Crippen LogP contribution in [-0.4, -0.2) is 47.9 Å². The predicted molar refractivity (Wildman–Crippen MR) is 122 cm³/mol. The van der Waals surface area contributed by atoms with Crippen LogP contribution in [0.25, 0.3) is 16.5 Å². The number of ether oxygens (including phenoxy) is 2. The van der Waals surface area contributed by atoms with Crippen molar-refractivity contribution < 1.29 is 19.0 Å². The molecule has 8 heteroatoms. The Balaban J connectivity index is 1.59. The van der Waals surface area contributed by atoms with Gasteiger partial charge in [0.1, 0.15) is 6.61 Å². The molecule has 1 N–H and O–H groups in total. The highest BCUT2D eigenvalue weighted by molar-refractivity contribution is 6.39. The lowest BCUT2D eigenvalue weighted by atomic mass is 9.99. The first kappa shape index (κ1) is 22.1. The number of rotatable bonds is 6. The third kappa shape index (κ3) is 4.43. The molecule has 0 spiro atoms. The first-order valence-electron chi connectivity index (χ1n) is 10.3. The van der Waals surface area contributed by atoms with Crippen LogP contribution in [0.1, 0.15) is 19.8 Å². The van der Waals surface area contributed by atoms with E-state index in [0.717, 1.165) is 25.6 Å². The Morgan fingerprint density at radius 3 is 2.58 bits per heavy atom. The summed E-state index contributed by atoms with van der Waals surface area (Å²) in [6.07, 6.45) is 3.89. The summed E-state index contributed by atoms with van der Waals surface area (Å²) in [5.41, 5.74) is 0.586. The Morgan fingerprint density at radius 2 is 1.87 bits per heavy atom. The van der Waals surface area contributed by atoms with Crippen molar-refractivity contribution in [2.75, 3.05) is 33.4 Å². The van der Waals surface area contributed by atoms with E-state index in [1.807, 2.05) is 0 Å². The van der Waals surface area contributed by atoms with Crippen molar-refractivity contribution >= 4 is 34.0 Å². The van der Waals surface area contributed by atoms with E-state index in [-0.39, 0.29) is 26.7 Å². The van der Waals surface area contributed by atoms with Crippen LogP contribution < -0.4 is 9.47 Å². The lowest BCUT2D eigenvalue weighted by molar-refractivity contribution is 0.158. The van der Waals surface area contributed by atoms with Gasteiger partial charge in [0.15, 0.2) is 17.3 Å². The molecule has 0 radical (unpaired) electrons. The molecule has 1 aliphatic heterocycles. The molecular formula is C23H25Cl2FN2O3. The minimum Gasteiger partial charge on any atom is -0.494 e. The van der Waals surface area contributed by atoms with Crippen LogP contribution >= 0.6 is 23.2 Å². The van der Waals surface area contributed by atoms with Gasteiger partial charge in [-0.25, -0.2) is 4.39 Å². The number of aromatic hydroxyl groups is 1. The van der Waals surface area contributed by atoms with Gasteiger partial charge in [-0.05, 0) is 50.0 Å². The third-order valence-electron chi connectivity index (χ3n) is 5.88. The number of halogens is 3. The van der Waals surface area contributed by atoms with Gasteiger partial charge >= 0.3 is 0 Å². The average Bonchev–Trinajstić information content (AvgIpc) is 3.11. The zero-order valence-corrected chi connectivity index (χ0v) is 19.0. The molecule has 1 saturated heterocycles. The van der Waals surface area contributed by atoms with Crippen molar-refractivity contribution in [1.82, 2.24) is 9.47 Å². The lowest BCUT2D eigenvalue weighted by Crippen LogP contribution is -2.35. The van der Waals surface area contributed by atoms with Gasteiger partial charge in [-0.1, -0.05) is 30.1 Å². The first-order chi connectivity index (χ1) is 14.9. The van der Waals surface area contributed by atoms with Gasteiger partial charge in [-0.3, -0.25) is 9.47 Å². The largest absolute Gasteiger partial charge is 0.494 e. The molecule has 0 bridgehead atoms. The van der Waals surface area contributed by atoms with Crippen molar-refractivity contribution in [2.45, 2.75) is 19.8 Å². The third-order valence-corrected chi connectivity index (χ3v) is 6.46. The topological polar surface area (TPSA) is 46.9 Å². The van der Waals surface area contributed by atoms with Crippen molar-refractivity contribution in [2.24, 2.45) is 5.92 Å². The summed E-state index contributed by atoms with van der Waals surface area (Å²) < 4.78 is 27.4. The SMILES string of the molecule is COc1ccc(-n2cc3c(F)c(Cl)cc(Cl)c3c2O)cc1OCCN1CCC(C)CC1. The van der Waals surface area contributed by atoms with Crippen LogP contribution in [0.2, 0.25) is 10.0 Å². The summed E-state index contributed by atoms with van der Waals surface area (Å²) in [5, 5.41) is 11.2. The zero-order chi connectivity index (χ0) is 22.1. The highest BCUT2D eigenvalue weighted by atomic mass is 35.5. The minimum atomic E-state index is -0.629. The first-order valence-corrected chi connectivity index (χ1v) is 11.1. The van der Waals surface area contributed by atoms with Crippen LogP contribution in [0.4, 0.5) is 4.39 Å². The molecule has 0 atom stereocenters. The summed E-state index contributed by atoms with van der Waals surface area (Å²) in [6.45, 7) is 5.81. The van der Waals surface area contributed by atoms with E-state index in [1.165, 1.54) is 29.7 Å². The Hall–Kier alpha value is -2.15. The second-order valence-corrected chi connectivity index (χ2v) is 8.79. The molecule has 166 valence electrons. The van der Waals surface area contributed by atoms with Crippen LogP contribution in [0.15, 0.2) is 30.5 Å². The van der Waals surface area contributed by atoms with Crippen LogP contribution in [-0.2, 0) is 0 Å². The fourth-order valence-corrected chi connectivity index (χ4v) is 4.53. The number of piperidine rings is 1. The molecule has 31 heavy (non-hydrogen) atoms. The fourth-order valence-electron chi connectivity index (χ4n) is 3.97. The molecule has 2 heterocycles. The van der Waals surface area contributed by atoms with Crippen LogP contribution in [0.5, 0.6) is 17.4 Å². The van der Waals surface area contributed by atoms with Gasteiger partial charge in [0.05, 0.1) is 28.2 Å². The Kier molecular flexibility index (Phi) is 6.51. The maximum absolute atomic E-state index is 14.5. The molecule has 1 aromatic heterocycles. The van der Waals surface area contributed by atoms with E-state index < -0.39 is 5.82 Å². The smallest absolute Gasteiger partial charge is 0.205 e. The van der Waals surface area contributed by atoms with Gasteiger partial charge in [0.25, 0.3) is 0 Å². The molecule has 0 aliphatic carbocycles. The number of fused-ring (bicyclic) bond motifs is 1. The average molecular weight is 467 g/mol. The molecule has 5 nitrogen and oxygen atoms in total. The molecule has 4 rings (SSSR count). The number of hydrogen-bond acceptors (Lipinski definition) is 4. The van der Waals surface area contributed by atoms with Crippen LogP contribution in [0, 0.1) is 11.7 Å². The summed E-state index contributed by atoms with van der Waals surface area (Å²) in [4.78, 5) is 2.40. The maximum atomic E-state index is 14.5. The number of likely N-dealkylation sites (tertiary alicyclic amines) is 1. The normalized spacial score (nSPS) is 15.5. The number of aromatic nitrogens is 1. The molecule has 0 unspecified atom stereocenters. The van der Waals surface area contributed by atoms with Gasteiger partial charge in [-0.2, -0.15) is 0 Å². The minimum absolute atomic E-state index is 0.0968. The fraction of sp³-hybridized carbons (Fsp3) is 0.391. The summed E-state index contributed by atoms with van der Waals surface area (Å²) in [6, 6.07) is 6.55. The Labute approximate surface area is 190 Å². The quantitative estimate of drug-likeness (QED) is 0.459. The van der Waals surface area contributed by atoms with E-state index in [1.54, 1.807) is 25.3 Å². The van der Waals surface area contributed by atoms with Gasteiger partial charge < -0.3 is 14.6 Å².